The summed E-state index contributed by atoms with van der Waals surface area (Å²) in [6.45, 7) is 9.33. The van der Waals surface area contributed by atoms with E-state index in [2.05, 4.69) is 13.0 Å². The molecule has 1 aromatic carbocycles. The van der Waals surface area contributed by atoms with Gasteiger partial charge in [0.1, 0.15) is 17.1 Å². The highest BCUT2D eigenvalue weighted by atomic mass is 16.5. The van der Waals surface area contributed by atoms with E-state index in [9.17, 15) is 20.1 Å². The average molecular weight is 391 g/mol. The molecule has 2 rings (SSSR count). The number of phenols is 1. The van der Waals surface area contributed by atoms with E-state index >= 15 is 0 Å². The molecular formula is C23H34O5. The van der Waals surface area contributed by atoms with E-state index in [0.717, 1.165) is 32.0 Å². The molecule has 1 aromatic rings. The summed E-state index contributed by atoms with van der Waals surface area (Å²) in [5.41, 5.74) is 1.38. The predicted octanol–water partition coefficient (Wildman–Crippen LogP) is 4.24. The number of aldehydes is 1. The van der Waals surface area contributed by atoms with Gasteiger partial charge in [0.2, 0.25) is 0 Å². The van der Waals surface area contributed by atoms with Gasteiger partial charge in [-0.1, -0.05) is 11.6 Å². The summed E-state index contributed by atoms with van der Waals surface area (Å²) in [5, 5.41) is 30.7. The number of fused-ring (bicyclic) bond motifs is 1. The fourth-order valence-electron chi connectivity index (χ4n) is 3.72. The Kier molecular flexibility index (Phi) is 6.94. The Morgan fingerprint density at radius 2 is 2.11 bits per heavy atom. The Hall–Kier alpha value is -1.85. The molecule has 0 amide bonds. The Labute approximate surface area is 168 Å². The Morgan fingerprint density at radius 3 is 2.71 bits per heavy atom. The fourth-order valence-corrected chi connectivity index (χ4v) is 3.72. The highest BCUT2D eigenvalue weighted by Gasteiger charge is 2.41. The van der Waals surface area contributed by atoms with Crippen molar-refractivity contribution in [3.8, 4) is 11.5 Å². The third-order valence-corrected chi connectivity index (χ3v) is 5.65. The third kappa shape index (κ3) is 5.36. The zero-order valence-electron chi connectivity index (χ0n) is 17.7. The van der Waals surface area contributed by atoms with Crippen molar-refractivity contribution in [1.82, 2.24) is 0 Å². The lowest BCUT2D eigenvalue weighted by molar-refractivity contribution is -0.0595. The van der Waals surface area contributed by atoms with Crippen LogP contribution in [0.5, 0.6) is 11.5 Å². The van der Waals surface area contributed by atoms with Crippen molar-refractivity contribution in [3.63, 3.8) is 0 Å². The second kappa shape index (κ2) is 8.66. The first-order valence-corrected chi connectivity index (χ1v) is 10.0. The normalized spacial score (nSPS) is 22.5. The molecule has 3 N–H and O–H groups in total. The van der Waals surface area contributed by atoms with Crippen LogP contribution in [-0.4, -0.2) is 38.9 Å². The van der Waals surface area contributed by atoms with Gasteiger partial charge in [-0.15, -0.1) is 0 Å². The number of aliphatic hydroxyl groups excluding tert-OH is 1. The molecular weight excluding hydrogens is 356 g/mol. The molecule has 0 bridgehead atoms. The number of carbonyl (C=O) groups is 1. The van der Waals surface area contributed by atoms with Crippen LogP contribution in [-0.2, 0) is 6.42 Å². The van der Waals surface area contributed by atoms with Crippen LogP contribution in [0.2, 0.25) is 0 Å². The van der Waals surface area contributed by atoms with E-state index < -0.39 is 17.3 Å². The number of aliphatic hydroxyl groups is 2. The predicted molar refractivity (Wildman–Crippen MR) is 110 cm³/mol. The molecule has 0 spiro atoms. The van der Waals surface area contributed by atoms with Crippen LogP contribution in [0.15, 0.2) is 17.7 Å². The van der Waals surface area contributed by atoms with Crippen molar-refractivity contribution in [3.05, 3.63) is 34.4 Å². The lowest BCUT2D eigenvalue weighted by atomic mass is 9.84. The Morgan fingerprint density at radius 1 is 1.43 bits per heavy atom. The van der Waals surface area contributed by atoms with Crippen molar-refractivity contribution < 1.29 is 24.9 Å². The highest BCUT2D eigenvalue weighted by molar-refractivity contribution is 5.84. The number of ether oxygens (including phenoxy) is 1. The number of aryl methyl sites for hydroxylation is 1. The van der Waals surface area contributed by atoms with Crippen molar-refractivity contribution in [1.29, 1.82) is 0 Å². The van der Waals surface area contributed by atoms with Crippen LogP contribution < -0.4 is 4.74 Å². The van der Waals surface area contributed by atoms with E-state index in [1.54, 1.807) is 13.0 Å². The molecule has 1 aliphatic rings. The van der Waals surface area contributed by atoms with Crippen LogP contribution in [0.4, 0.5) is 0 Å². The SMILES string of the molecule is CC(=CCCC1(C)Oc2c(C=O)c(C)cc(O)c2CC1O)CCCC(C)(C)O. The Bertz CT molecular complexity index is 744. The van der Waals surface area contributed by atoms with E-state index in [1.165, 1.54) is 5.57 Å². The molecule has 0 aliphatic carbocycles. The number of benzene rings is 1. The van der Waals surface area contributed by atoms with Crippen LogP contribution >= 0.6 is 0 Å². The molecule has 1 aliphatic heterocycles. The number of carbonyl (C=O) groups excluding carboxylic acids is 1. The minimum Gasteiger partial charge on any atom is -0.508 e. The monoisotopic (exact) mass is 390 g/mol. The lowest BCUT2D eigenvalue weighted by Crippen LogP contribution is -2.49. The molecule has 0 radical (unpaired) electrons. The number of hydrogen-bond acceptors (Lipinski definition) is 5. The zero-order valence-corrected chi connectivity index (χ0v) is 17.7. The molecule has 2 atom stereocenters. The van der Waals surface area contributed by atoms with Crippen molar-refractivity contribution in [2.75, 3.05) is 0 Å². The molecule has 1 heterocycles. The average Bonchev–Trinajstić information content (AvgIpc) is 2.56. The van der Waals surface area contributed by atoms with Gasteiger partial charge in [0.15, 0.2) is 6.29 Å². The van der Waals surface area contributed by atoms with Gasteiger partial charge >= 0.3 is 0 Å². The summed E-state index contributed by atoms with van der Waals surface area (Å²) in [7, 11) is 0. The van der Waals surface area contributed by atoms with Crippen molar-refractivity contribution in [2.45, 2.75) is 90.4 Å². The van der Waals surface area contributed by atoms with Gasteiger partial charge in [-0.2, -0.15) is 0 Å². The van der Waals surface area contributed by atoms with Gasteiger partial charge in [0, 0.05) is 12.0 Å². The smallest absolute Gasteiger partial charge is 0.154 e. The molecule has 0 saturated heterocycles. The van der Waals surface area contributed by atoms with Gasteiger partial charge in [0.25, 0.3) is 0 Å². The maximum atomic E-state index is 11.5. The summed E-state index contributed by atoms with van der Waals surface area (Å²) < 4.78 is 6.12. The number of phenolic OH excluding ortho intramolecular Hbond substituents is 1. The maximum Gasteiger partial charge on any atom is 0.154 e. The zero-order chi connectivity index (χ0) is 21.1. The Balaban J connectivity index is 2.07. The second-order valence-electron chi connectivity index (χ2n) is 8.94. The van der Waals surface area contributed by atoms with Crippen molar-refractivity contribution in [2.24, 2.45) is 0 Å². The summed E-state index contributed by atoms with van der Waals surface area (Å²) in [6.07, 6.45) is 6.34. The summed E-state index contributed by atoms with van der Waals surface area (Å²) in [4.78, 5) is 11.5. The number of rotatable bonds is 8. The number of allylic oxidation sites excluding steroid dienone is 2. The van der Waals surface area contributed by atoms with Gasteiger partial charge in [-0.25, -0.2) is 0 Å². The van der Waals surface area contributed by atoms with Crippen molar-refractivity contribution >= 4 is 6.29 Å². The number of aromatic hydroxyl groups is 1. The van der Waals surface area contributed by atoms with E-state index in [0.29, 0.717) is 28.9 Å². The first-order chi connectivity index (χ1) is 13.0. The third-order valence-electron chi connectivity index (χ3n) is 5.65. The molecule has 0 saturated carbocycles. The maximum absolute atomic E-state index is 11.5. The summed E-state index contributed by atoms with van der Waals surface area (Å²) in [5.74, 6) is 0.452. The molecule has 5 nitrogen and oxygen atoms in total. The lowest BCUT2D eigenvalue weighted by Gasteiger charge is -2.40. The minimum absolute atomic E-state index is 0.0572. The standard InChI is InChI=1S/C23H34O5/c1-15(8-6-10-22(3,4)27)9-7-11-23(5)20(26)13-17-19(25)12-16(2)18(14-24)21(17)28-23/h9,12,14,20,25-27H,6-8,10-11,13H2,1-5H3. The molecule has 2 unspecified atom stereocenters. The van der Waals surface area contributed by atoms with Gasteiger partial charge in [-0.3, -0.25) is 4.79 Å². The van der Waals surface area contributed by atoms with Crippen LogP contribution in [0.3, 0.4) is 0 Å². The van der Waals surface area contributed by atoms with Gasteiger partial charge in [-0.05, 0) is 78.4 Å². The molecule has 156 valence electrons. The fraction of sp³-hybridized carbons (Fsp3) is 0.609. The van der Waals surface area contributed by atoms with E-state index in [4.69, 9.17) is 4.74 Å². The van der Waals surface area contributed by atoms with Crippen LogP contribution in [0.25, 0.3) is 0 Å². The van der Waals surface area contributed by atoms with E-state index in [1.807, 2.05) is 20.8 Å². The van der Waals surface area contributed by atoms with E-state index in [-0.39, 0.29) is 12.2 Å². The first-order valence-electron chi connectivity index (χ1n) is 10.0. The largest absolute Gasteiger partial charge is 0.508 e. The quantitative estimate of drug-likeness (QED) is 0.457. The van der Waals surface area contributed by atoms with Gasteiger partial charge < -0.3 is 20.1 Å². The first kappa shape index (κ1) is 22.4. The topological polar surface area (TPSA) is 87.0 Å². The second-order valence-corrected chi connectivity index (χ2v) is 8.94. The number of hydrogen-bond donors (Lipinski definition) is 3. The van der Waals surface area contributed by atoms with Crippen LogP contribution in [0.1, 0.15) is 81.3 Å². The molecule has 5 heteroatoms. The minimum atomic E-state index is -0.825. The van der Waals surface area contributed by atoms with Crippen LogP contribution in [0, 0.1) is 6.92 Å². The summed E-state index contributed by atoms with van der Waals surface area (Å²) in [6, 6.07) is 1.54. The molecule has 28 heavy (non-hydrogen) atoms. The molecule has 0 aromatic heterocycles. The highest BCUT2D eigenvalue weighted by Crippen LogP contribution is 2.43. The van der Waals surface area contributed by atoms with Gasteiger partial charge in [0.05, 0.1) is 17.3 Å². The molecule has 0 fully saturated rings. The summed E-state index contributed by atoms with van der Waals surface area (Å²) >= 11 is 0.